The highest BCUT2D eigenvalue weighted by Crippen LogP contribution is 2.46. The molecule has 5 heteroatoms. The number of hydrogen-bond acceptors (Lipinski definition) is 2. The molecule has 1 heterocycles. The molecule has 1 unspecified atom stereocenters. The second-order valence-corrected chi connectivity index (χ2v) is 7.84. The first-order valence-corrected chi connectivity index (χ1v) is 9.83. The van der Waals surface area contributed by atoms with Gasteiger partial charge in [0.15, 0.2) is 5.78 Å². The Morgan fingerprint density at radius 3 is 2.56 bits per heavy atom. The van der Waals surface area contributed by atoms with Crippen molar-refractivity contribution < 1.29 is 9.59 Å². The van der Waals surface area contributed by atoms with Crippen LogP contribution in [0.15, 0.2) is 53.7 Å². The number of Topliss-reactive ketones (excluding diaryl/α,β-unsaturated/α-hetero) is 1. The van der Waals surface area contributed by atoms with Gasteiger partial charge in [-0.3, -0.25) is 14.5 Å². The van der Waals surface area contributed by atoms with Crippen LogP contribution in [0.25, 0.3) is 0 Å². The molecule has 2 aliphatic rings. The normalized spacial score (nSPS) is 20.1. The summed E-state index contributed by atoms with van der Waals surface area (Å²) in [5.41, 5.74) is 4.23. The lowest BCUT2D eigenvalue weighted by atomic mass is 9.76. The standard InChI is InChI=1S/C22H19Cl2NO2/c1-13-6-2-3-7-14(13)15-12-20(27)25(17-9-5-11-19(26)21(15)17)18-10-4-8-16(23)22(18)24/h2-4,6-8,10,15H,5,9,11-12H2,1H3. The van der Waals surface area contributed by atoms with Gasteiger partial charge in [0.2, 0.25) is 5.91 Å². The van der Waals surface area contributed by atoms with Gasteiger partial charge >= 0.3 is 0 Å². The third-order valence-electron chi connectivity index (χ3n) is 5.41. The maximum atomic E-state index is 13.2. The topological polar surface area (TPSA) is 37.4 Å². The monoisotopic (exact) mass is 399 g/mol. The van der Waals surface area contributed by atoms with Crippen LogP contribution in [0.1, 0.15) is 42.7 Å². The van der Waals surface area contributed by atoms with Crippen LogP contribution < -0.4 is 4.90 Å². The molecule has 0 radical (unpaired) electrons. The van der Waals surface area contributed by atoms with E-state index < -0.39 is 0 Å². The number of carbonyl (C=O) groups is 2. The zero-order valence-corrected chi connectivity index (χ0v) is 16.5. The summed E-state index contributed by atoms with van der Waals surface area (Å²) in [6.45, 7) is 2.02. The Labute approximate surface area is 168 Å². The Kier molecular flexibility index (Phi) is 4.83. The average Bonchev–Trinajstić information content (AvgIpc) is 2.65. The van der Waals surface area contributed by atoms with Gasteiger partial charge in [0.05, 0.1) is 15.7 Å². The number of anilines is 1. The van der Waals surface area contributed by atoms with Crippen LogP contribution in [0.2, 0.25) is 10.0 Å². The summed E-state index contributed by atoms with van der Waals surface area (Å²) < 4.78 is 0. The molecule has 0 aromatic heterocycles. The van der Waals surface area contributed by atoms with E-state index in [1.807, 2.05) is 31.2 Å². The average molecular weight is 400 g/mol. The lowest BCUT2D eigenvalue weighted by Crippen LogP contribution is -2.40. The van der Waals surface area contributed by atoms with E-state index in [0.29, 0.717) is 28.6 Å². The number of allylic oxidation sites excluding steroid dienone is 2. The molecule has 1 amide bonds. The molecule has 0 bridgehead atoms. The van der Waals surface area contributed by atoms with Crippen LogP contribution in [-0.4, -0.2) is 11.7 Å². The molecular weight excluding hydrogens is 381 g/mol. The molecule has 1 atom stereocenters. The quantitative estimate of drug-likeness (QED) is 0.636. The van der Waals surface area contributed by atoms with Gasteiger partial charge in [-0.2, -0.15) is 0 Å². The van der Waals surface area contributed by atoms with Gasteiger partial charge in [-0.05, 0) is 43.0 Å². The molecule has 27 heavy (non-hydrogen) atoms. The summed E-state index contributed by atoms with van der Waals surface area (Å²) in [5.74, 6) is -0.128. The van der Waals surface area contributed by atoms with E-state index in [9.17, 15) is 9.59 Å². The van der Waals surface area contributed by atoms with Crippen molar-refractivity contribution >= 4 is 40.6 Å². The van der Waals surface area contributed by atoms with Crippen LogP contribution in [-0.2, 0) is 9.59 Å². The number of aryl methyl sites for hydroxylation is 1. The first-order chi connectivity index (χ1) is 13.0. The predicted molar refractivity (Wildman–Crippen MR) is 108 cm³/mol. The maximum Gasteiger partial charge on any atom is 0.232 e. The van der Waals surface area contributed by atoms with Gasteiger partial charge in [-0.25, -0.2) is 0 Å². The summed E-state index contributed by atoms with van der Waals surface area (Å²) in [6, 6.07) is 13.2. The van der Waals surface area contributed by atoms with Crippen LogP contribution in [0.3, 0.4) is 0 Å². The van der Waals surface area contributed by atoms with E-state index in [1.54, 1.807) is 23.1 Å². The van der Waals surface area contributed by atoms with Gasteiger partial charge in [-0.1, -0.05) is 53.5 Å². The minimum absolute atomic E-state index is 0.0548. The summed E-state index contributed by atoms with van der Waals surface area (Å²) >= 11 is 12.6. The number of ketones is 1. The first-order valence-electron chi connectivity index (χ1n) is 9.07. The van der Waals surface area contributed by atoms with Crippen LogP contribution in [0.5, 0.6) is 0 Å². The highest BCUT2D eigenvalue weighted by molar-refractivity contribution is 6.44. The highest BCUT2D eigenvalue weighted by atomic mass is 35.5. The highest BCUT2D eigenvalue weighted by Gasteiger charge is 2.40. The molecule has 0 N–H and O–H groups in total. The number of rotatable bonds is 2. The van der Waals surface area contributed by atoms with E-state index in [1.165, 1.54) is 0 Å². The number of nitrogens with zero attached hydrogens (tertiary/aromatic N) is 1. The molecule has 0 saturated heterocycles. The van der Waals surface area contributed by atoms with E-state index >= 15 is 0 Å². The number of amides is 1. The fraction of sp³-hybridized carbons (Fsp3) is 0.273. The lowest BCUT2D eigenvalue weighted by molar-refractivity contribution is -0.119. The van der Waals surface area contributed by atoms with Crippen molar-refractivity contribution in [2.45, 2.75) is 38.5 Å². The second-order valence-electron chi connectivity index (χ2n) is 7.05. The molecule has 1 aliphatic carbocycles. The van der Waals surface area contributed by atoms with E-state index in [2.05, 4.69) is 0 Å². The van der Waals surface area contributed by atoms with E-state index in [-0.39, 0.29) is 24.0 Å². The van der Waals surface area contributed by atoms with Gasteiger partial charge in [-0.15, -0.1) is 0 Å². The zero-order chi connectivity index (χ0) is 19.1. The van der Waals surface area contributed by atoms with Crippen molar-refractivity contribution in [1.29, 1.82) is 0 Å². The Balaban J connectivity index is 1.92. The minimum atomic E-state index is -0.198. The summed E-state index contributed by atoms with van der Waals surface area (Å²) in [6.07, 6.45) is 2.18. The smallest absolute Gasteiger partial charge is 0.232 e. The van der Waals surface area contributed by atoms with Crippen molar-refractivity contribution in [3.8, 4) is 0 Å². The summed E-state index contributed by atoms with van der Waals surface area (Å²) in [4.78, 5) is 27.7. The maximum absolute atomic E-state index is 13.2. The first kappa shape index (κ1) is 18.3. The van der Waals surface area contributed by atoms with Crippen LogP contribution >= 0.6 is 23.2 Å². The third kappa shape index (κ3) is 3.09. The van der Waals surface area contributed by atoms with Crippen LogP contribution in [0.4, 0.5) is 5.69 Å². The largest absolute Gasteiger partial charge is 0.294 e. The molecule has 4 rings (SSSR count). The molecule has 2 aromatic carbocycles. The number of hydrogen-bond donors (Lipinski definition) is 0. The van der Waals surface area contributed by atoms with E-state index in [0.717, 1.165) is 28.8 Å². The molecule has 3 nitrogen and oxygen atoms in total. The summed E-state index contributed by atoms with van der Waals surface area (Å²) in [5, 5.41) is 0.735. The summed E-state index contributed by atoms with van der Waals surface area (Å²) in [7, 11) is 0. The van der Waals surface area contributed by atoms with Crippen LogP contribution in [0, 0.1) is 6.92 Å². The zero-order valence-electron chi connectivity index (χ0n) is 15.0. The molecule has 0 saturated carbocycles. The van der Waals surface area contributed by atoms with Gasteiger partial charge in [0, 0.05) is 30.0 Å². The van der Waals surface area contributed by atoms with Crippen molar-refractivity contribution in [2.24, 2.45) is 0 Å². The van der Waals surface area contributed by atoms with Crippen molar-refractivity contribution in [1.82, 2.24) is 0 Å². The second kappa shape index (κ2) is 7.14. The van der Waals surface area contributed by atoms with Gasteiger partial charge in [0.25, 0.3) is 0 Å². The molecule has 0 spiro atoms. The molecule has 1 aliphatic heterocycles. The fourth-order valence-electron chi connectivity index (χ4n) is 4.18. The van der Waals surface area contributed by atoms with Gasteiger partial charge in [0.1, 0.15) is 0 Å². The molecule has 2 aromatic rings. The molecule has 138 valence electrons. The number of halogens is 2. The van der Waals surface area contributed by atoms with Crippen molar-refractivity contribution in [3.05, 3.63) is 74.9 Å². The Bertz CT molecular complexity index is 980. The van der Waals surface area contributed by atoms with E-state index in [4.69, 9.17) is 23.2 Å². The third-order valence-corrected chi connectivity index (χ3v) is 6.22. The lowest BCUT2D eigenvalue weighted by Gasteiger charge is -2.39. The Morgan fingerprint density at radius 2 is 1.78 bits per heavy atom. The minimum Gasteiger partial charge on any atom is -0.294 e. The number of benzene rings is 2. The SMILES string of the molecule is Cc1ccccc1C1CC(=O)N(c2cccc(Cl)c2Cl)C2=C1C(=O)CCC2. The number of carbonyl (C=O) groups excluding carboxylic acids is 2. The predicted octanol–water partition coefficient (Wildman–Crippen LogP) is 5.83. The van der Waals surface area contributed by atoms with Crippen molar-refractivity contribution in [3.63, 3.8) is 0 Å². The molecular formula is C22H19Cl2NO2. The molecule has 0 fully saturated rings. The fourth-order valence-corrected chi connectivity index (χ4v) is 4.56. The van der Waals surface area contributed by atoms with Gasteiger partial charge < -0.3 is 0 Å². The van der Waals surface area contributed by atoms with Crippen molar-refractivity contribution in [2.75, 3.05) is 4.90 Å². The Hall–Kier alpha value is -2.10. The Morgan fingerprint density at radius 1 is 1.00 bits per heavy atom.